The first-order valence-electron chi connectivity index (χ1n) is 10.4. The smallest absolute Gasteiger partial charge is 0.306 e. The van der Waals surface area contributed by atoms with Crippen LogP contribution in [0.3, 0.4) is 0 Å². The highest BCUT2D eigenvalue weighted by Gasteiger charge is 2.16. The second-order valence-electron chi connectivity index (χ2n) is 7.38. The number of hydrogen-bond donors (Lipinski definition) is 2. The van der Waals surface area contributed by atoms with Gasteiger partial charge in [-0.25, -0.2) is 0 Å². The molecule has 2 N–H and O–H groups in total. The Morgan fingerprint density at radius 2 is 1.33 bits per heavy atom. The summed E-state index contributed by atoms with van der Waals surface area (Å²) in [6.45, 7) is 3.49. The molecule has 0 aliphatic carbocycles. The van der Waals surface area contributed by atoms with E-state index in [2.05, 4.69) is 12.2 Å². The van der Waals surface area contributed by atoms with E-state index < -0.39 is 11.9 Å². The number of Topliss-reactive ketones (excluding diaryl/α,β-unsaturated/α-hetero) is 2. The third-order valence-electron chi connectivity index (χ3n) is 4.63. The van der Waals surface area contributed by atoms with Crippen LogP contribution in [-0.2, 0) is 19.2 Å². The topological polar surface area (TPSA) is 101 Å². The van der Waals surface area contributed by atoms with Gasteiger partial charge < -0.3 is 10.4 Å². The molecule has 0 unspecified atom stereocenters. The normalized spacial score (nSPS) is 11.8. The second kappa shape index (κ2) is 16.5. The molecule has 27 heavy (non-hydrogen) atoms. The fourth-order valence-electron chi connectivity index (χ4n) is 2.80. The Hall–Kier alpha value is -1.72. The predicted molar refractivity (Wildman–Crippen MR) is 106 cm³/mol. The third-order valence-corrected chi connectivity index (χ3v) is 4.63. The average molecular weight is 384 g/mol. The van der Waals surface area contributed by atoms with Gasteiger partial charge in [0.25, 0.3) is 0 Å². The van der Waals surface area contributed by atoms with E-state index in [0.29, 0.717) is 6.42 Å². The maximum Gasteiger partial charge on any atom is 0.306 e. The summed E-state index contributed by atoms with van der Waals surface area (Å²) in [7, 11) is 0. The molecule has 156 valence electrons. The maximum atomic E-state index is 11.8. The zero-order valence-corrected chi connectivity index (χ0v) is 17.1. The van der Waals surface area contributed by atoms with Crippen LogP contribution < -0.4 is 5.32 Å². The Kier molecular flexibility index (Phi) is 15.4. The highest BCUT2D eigenvalue weighted by molar-refractivity contribution is 5.90. The quantitative estimate of drug-likeness (QED) is 0.348. The number of nitrogens with one attached hydrogen (secondary N) is 1. The lowest BCUT2D eigenvalue weighted by Crippen LogP contribution is -2.31. The summed E-state index contributed by atoms with van der Waals surface area (Å²) in [5, 5.41) is 11.2. The van der Waals surface area contributed by atoms with Crippen molar-refractivity contribution in [1.82, 2.24) is 5.32 Å². The Morgan fingerprint density at radius 3 is 1.89 bits per heavy atom. The highest BCUT2D eigenvalue weighted by atomic mass is 16.4. The van der Waals surface area contributed by atoms with E-state index in [0.717, 1.165) is 19.3 Å². The van der Waals surface area contributed by atoms with E-state index in [4.69, 9.17) is 5.11 Å². The van der Waals surface area contributed by atoms with Crippen LogP contribution in [0.5, 0.6) is 0 Å². The minimum Gasteiger partial charge on any atom is -0.481 e. The van der Waals surface area contributed by atoms with Crippen molar-refractivity contribution in [3.05, 3.63) is 0 Å². The number of amides is 1. The van der Waals surface area contributed by atoms with Crippen LogP contribution in [0, 0.1) is 5.92 Å². The number of hydrogen-bond acceptors (Lipinski definition) is 4. The van der Waals surface area contributed by atoms with Gasteiger partial charge >= 0.3 is 5.97 Å². The first-order valence-corrected chi connectivity index (χ1v) is 10.4. The van der Waals surface area contributed by atoms with Crippen molar-refractivity contribution in [3.63, 3.8) is 0 Å². The molecule has 0 saturated carbocycles. The standard InChI is InChI=1S/C21H37NO5/c1-3-4-5-6-7-8-9-10-11-12-18(23)13-14-20(25)22-16-19(24)15-17(2)21(26)27/h17H,3-16H2,1-2H3,(H,22,25)(H,26,27)/t17-/m1/s1. The molecule has 6 nitrogen and oxygen atoms in total. The summed E-state index contributed by atoms with van der Waals surface area (Å²) in [5.41, 5.74) is 0. The SMILES string of the molecule is CCCCCCCCCCCC(=O)CCC(=O)NCC(=O)C[C@@H](C)C(=O)O. The molecule has 0 heterocycles. The second-order valence-corrected chi connectivity index (χ2v) is 7.38. The molecule has 0 rings (SSSR count). The van der Waals surface area contributed by atoms with E-state index in [1.807, 2.05) is 0 Å². The van der Waals surface area contributed by atoms with Crippen molar-refractivity contribution in [2.24, 2.45) is 5.92 Å². The van der Waals surface area contributed by atoms with Crippen molar-refractivity contribution in [3.8, 4) is 0 Å². The van der Waals surface area contributed by atoms with E-state index in [1.54, 1.807) is 0 Å². The molecule has 1 atom stereocenters. The van der Waals surface area contributed by atoms with Gasteiger partial charge in [0.1, 0.15) is 5.78 Å². The highest BCUT2D eigenvalue weighted by Crippen LogP contribution is 2.11. The molecule has 6 heteroatoms. The van der Waals surface area contributed by atoms with Crippen LogP contribution in [0.25, 0.3) is 0 Å². The van der Waals surface area contributed by atoms with Crippen molar-refractivity contribution in [2.45, 2.75) is 97.3 Å². The molecule has 0 saturated heterocycles. The summed E-state index contributed by atoms with van der Waals surface area (Å²) >= 11 is 0. The molecular weight excluding hydrogens is 346 g/mol. The number of carboxylic acid groups (broad SMARTS) is 1. The molecule has 0 radical (unpaired) electrons. The minimum atomic E-state index is -1.03. The van der Waals surface area contributed by atoms with Gasteiger partial charge in [-0.1, -0.05) is 65.2 Å². The summed E-state index contributed by atoms with van der Waals surface area (Å²) in [5.74, 6) is -2.37. The van der Waals surface area contributed by atoms with Gasteiger partial charge in [0.15, 0.2) is 5.78 Å². The van der Waals surface area contributed by atoms with E-state index in [1.165, 1.54) is 45.4 Å². The molecule has 0 bridgehead atoms. The summed E-state index contributed by atoms with van der Waals surface area (Å²) in [4.78, 5) is 45.7. The van der Waals surface area contributed by atoms with Gasteiger partial charge in [-0.15, -0.1) is 0 Å². The van der Waals surface area contributed by atoms with Crippen LogP contribution >= 0.6 is 0 Å². The van der Waals surface area contributed by atoms with Crippen LogP contribution in [0.1, 0.15) is 97.3 Å². The average Bonchev–Trinajstić information content (AvgIpc) is 2.63. The van der Waals surface area contributed by atoms with Gasteiger partial charge in [-0.3, -0.25) is 19.2 Å². The fourth-order valence-corrected chi connectivity index (χ4v) is 2.80. The number of carbonyl (C=O) groups excluding carboxylic acids is 3. The molecule has 0 aromatic heterocycles. The summed E-state index contributed by atoms with van der Waals surface area (Å²) in [6.07, 6.45) is 11.5. The van der Waals surface area contributed by atoms with Gasteiger partial charge in [-0.2, -0.15) is 0 Å². The van der Waals surface area contributed by atoms with Gasteiger partial charge in [0.05, 0.1) is 12.5 Å². The van der Waals surface area contributed by atoms with Crippen LogP contribution in [0.2, 0.25) is 0 Å². The van der Waals surface area contributed by atoms with E-state index in [9.17, 15) is 19.2 Å². The number of rotatable bonds is 18. The van der Waals surface area contributed by atoms with Crippen molar-refractivity contribution in [2.75, 3.05) is 6.54 Å². The van der Waals surface area contributed by atoms with E-state index in [-0.39, 0.29) is 43.3 Å². The first kappa shape index (κ1) is 25.3. The van der Waals surface area contributed by atoms with Crippen molar-refractivity contribution >= 4 is 23.4 Å². The van der Waals surface area contributed by atoms with Gasteiger partial charge in [-0.05, 0) is 6.42 Å². The monoisotopic (exact) mass is 383 g/mol. The molecule has 0 aliphatic rings. The number of ketones is 2. The zero-order chi connectivity index (χ0) is 20.5. The Labute approximate surface area is 163 Å². The number of carbonyl (C=O) groups is 4. The Bertz CT molecular complexity index is 461. The molecule has 0 spiro atoms. The minimum absolute atomic E-state index is 0.0814. The van der Waals surface area contributed by atoms with Gasteiger partial charge in [0.2, 0.25) is 5.91 Å². The molecule has 0 aliphatic heterocycles. The largest absolute Gasteiger partial charge is 0.481 e. The van der Waals surface area contributed by atoms with E-state index >= 15 is 0 Å². The third kappa shape index (κ3) is 16.2. The van der Waals surface area contributed by atoms with Crippen LogP contribution in [0.4, 0.5) is 0 Å². The zero-order valence-electron chi connectivity index (χ0n) is 17.1. The fraction of sp³-hybridized carbons (Fsp3) is 0.810. The molecular formula is C21H37NO5. The summed E-state index contributed by atoms with van der Waals surface area (Å²) in [6, 6.07) is 0. The number of unbranched alkanes of at least 4 members (excludes halogenated alkanes) is 8. The molecule has 0 fully saturated rings. The van der Waals surface area contributed by atoms with Crippen LogP contribution in [0.15, 0.2) is 0 Å². The predicted octanol–water partition coefficient (Wildman–Crippen LogP) is 4.05. The molecule has 0 aromatic rings. The lowest BCUT2D eigenvalue weighted by atomic mass is 10.0. The lowest BCUT2D eigenvalue weighted by molar-refractivity contribution is -0.143. The van der Waals surface area contributed by atoms with Gasteiger partial charge in [0, 0.05) is 25.7 Å². The first-order chi connectivity index (χ1) is 12.9. The Balaban J connectivity index is 3.59. The maximum absolute atomic E-state index is 11.8. The number of carboxylic acids is 1. The van der Waals surface area contributed by atoms with Crippen LogP contribution in [-0.4, -0.2) is 35.1 Å². The number of aliphatic carboxylic acids is 1. The molecule has 0 aromatic carbocycles. The van der Waals surface area contributed by atoms with Crippen molar-refractivity contribution in [1.29, 1.82) is 0 Å². The van der Waals surface area contributed by atoms with Crippen molar-refractivity contribution < 1.29 is 24.3 Å². The lowest BCUT2D eigenvalue weighted by Gasteiger charge is -2.07. The Morgan fingerprint density at radius 1 is 0.778 bits per heavy atom. The molecule has 1 amide bonds. The summed E-state index contributed by atoms with van der Waals surface area (Å²) < 4.78 is 0.